The Morgan fingerprint density at radius 2 is 1.77 bits per heavy atom. The molecule has 4 rings (SSSR count). The average molecular weight is 408 g/mol. The van der Waals surface area contributed by atoms with Crippen LogP contribution in [0.25, 0.3) is 5.57 Å². The number of nitrogens with one attached hydrogen (secondary N) is 1. The van der Waals surface area contributed by atoms with Gasteiger partial charge < -0.3 is 10.2 Å². The van der Waals surface area contributed by atoms with E-state index in [0.29, 0.717) is 18.2 Å². The van der Waals surface area contributed by atoms with E-state index < -0.39 is 23.1 Å². The van der Waals surface area contributed by atoms with Crippen molar-refractivity contribution in [2.75, 3.05) is 23.3 Å². The number of nitrogens with zero attached hydrogens (tertiary/aromatic N) is 5. The van der Waals surface area contributed by atoms with Crippen molar-refractivity contribution in [3.63, 3.8) is 0 Å². The lowest BCUT2D eigenvalue weighted by molar-refractivity contribution is 0.101. The number of benzene rings is 1. The molecule has 0 saturated carbocycles. The van der Waals surface area contributed by atoms with Crippen LogP contribution in [0.4, 0.5) is 20.5 Å². The Hall–Kier alpha value is -3.75. The molecule has 0 radical (unpaired) electrons. The average Bonchev–Trinajstić information content (AvgIpc) is 2.75. The second kappa shape index (κ2) is 8.32. The van der Waals surface area contributed by atoms with Gasteiger partial charge in [-0.3, -0.25) is 9.78 Å². The second-order valence-electron chi connectivity index (χ2n) is 6.82. The first-order valence-corrected chi connectivity index (χ1v) is 9.31. The molecule has 1 amide bonds. The SMILES string of the molecule is CC1=C(c2cnc(NC(=O)c3c(F)cccc3F)cn2)CN(c2ncccn2)CC1. The van der Waals surface area contributed by atoms with E-state index >= 15 is 0 Å². The molecule has 1 N–H and O–H groups in total. The Morgan fingerprint density at radius 3 is 2.43 bits per heavy atom. The first-order valence-electron chi connectivity index (χ1n) is 9.31. The molecule has 3 aromatic rings. The minimum absolute atomic E-state index is 0.101. The molecule has 0 saturated heterocycles. The second-order valence-corrected chi connectivity index (χ2v) is 6.82. The van der Waals surface area contributed by atoms with Gasteiger partial charge in [0.25, 0.3) is 5.91 Å². The summed E-state index contributed by atoms with van der Waals surface area (Å²) in [4.78, 5) is 31.4. The van der Waals surface area contributed by atoms with E-state index in [2.05, 4.69) is 30.2 Å². The maximum Gasteiger partial charge on any atom is 0.262 e. The topological polar surface area (TPSA) is 83.9 Å². The highest BCUT2D eigenvalue weighted by molar-refractivity contribution is 6.04. The zero-order valence-corrected chi connectivity index (χ0v) is 16.1. The van der Waals surface area contributed by atoms with Gasteiger partial charge in [-0.2, -0.15) is 0 Å². The van der Waals surface area contributed by atoms with Gasteiger partial charge in [0.05, 0.1) is 18.1 Å². The van der Waals surface area contributed by atoms with Gasteiger partial charge in [-0.05, 0) is 37.1 Å². The Bertz CT molecular complexity index is 1080. The first kappa shape index (κ1) is 19.6. The number of aromatic nitrogens is 4. The van der Waals surface area contributed by atoms with E-state index in [1.54, 1.807) is 18.5 Å². The van der Waals surface area contributed by atoms with Gasteiger partial charge in [0, 0.05) is 25.5 Å². The highest BCUT2D eigenvalue weighted by atomic mass is 19.1. The van der Waals surface area contributed by atoms with Crippen molar-refractivity contribution in [1.82, 2.24) is 19.9 Å². The molecule has 1 aromatic carbocycles. The zero-order chi connectivity index (χ0) is 21.1. The number of amides is 1. The van der Waals surface area contributed by atoms with Crippen molar-refractivity contribution < 1.29 is 13.6 Å². The molecule has 3 heterocycles. The van der Waals surface area contributed by atoms with Crippen molar-refractivity contribution >= 4 is 23.2 Å². The van der Waals surface area contributed by atoms with Crippen LogP contribution >= 0.6 is 0 Å². The van der Waals surface area contributed by atoms with Gasteiger partial charge in [-0.1, -0.05) is 11.6 Å². The molecule has 30 heavy (non-hydrogen) atoms. The minimum Gasteiger partial charge on any atom is -0.336 e. The van der Waals surface area contributed by atoms with Crippen LogP contribution < -0.4 is 10.2 Å². The Morgan fingerprint density at radius 1 is 1.03 bits per heavy atom. The van der Waals surface area contributed by atoms with E-state index in [1.165, 1.54) is 24.0 Å². The highest BCUT2D eigenvalue weighted by Gasteiger charge is 2.21. The number of halogens is 2. The van der Waals surface area contributed by atoms with Crippen LogP contribution in [0.5, 0.6) is 0 Å². The Labute approximate surface area is 171 Å². The van der Waals surface area contributed by atoms with Crippen LogP contribution in [0.15, 0.2) is 54.6 Å². The summed E-state index contributed by atoms with van der Waals surface area (Å²) in [5.74, 6) is -2.06. The van der Waals surface area contributed by atoms with Gasteiger partial charge in [0.2, 0.25) is 5.95 Å². The smallest absolute Gasteiger partial charge is 0.262 e. The number of hydrogen-bond donors (Lipinski definition) is 1. The van der Waals surface area contributed by atoms with Crippen molar-refractivity contribution in [2.45, 2.75) is 13.3 Å². The predicted octanol–water partition coefficient (Wildman–Crippen LogP) is 3.48. The fraction of sp³-hybridized carbons (Fsp3) is 0.190. The molecule has 0 fully saturated rings. The lowest BCUT2D eigenvalue weighted by atomic mass is 9.99. The van der Waals surface area contributed by atoms with Crippen LogP contribution in [0.3, 0.4) is 0 Å². The molecular weight excluding hydrogens is 390 g/mol. The molecule has 0 aliphatic carbocycles. The molecule has 0 spiro atoms. The lowest BCUT2D eigenvalue weighted by Crippen LogP contribution is -2.32. The molecule has 0 unspecified atom stereocenters. The normalized spacial score (nSPS) is 14.0. The van der Waals surface area contributed by atoms with E-state index in [-0.39, 0.29) is 5.82 Å². The summed E-state index contributed by atoms with van der Waals surface area (Å²) < 4.78 is 27.5. The number of hydrogen-bond acceptors (Lipinski definition) is 6. The molecule has 7 nitrogen and oxygen atoms in total. The monoisotopic (exact) mass is 408 g/mol. The maximum absolute atomic E-state index is 13.8. The summed E-state index contributed by atoms with van der Waals surface area (Å²) >= 11 is 0. The summed E-state index contributed by atoms with van der Waals surface area (Å²) in [6, 6.07) is 5.00. The van der Waals surface area contributed by atoms with Gasteiger partial charge in [0.15, 0.2) is 5.82 Å². The summed E-state index contributed by atoms with van der Waals surface area (Å²) in [6.07, 6.45) is 7.12. The van der Waals surface area contributed by atoms with Crippen LogP contribution in [0.2, 0.25) is 0 Å². The van der Waals surface area contributed by atoms with Crippen LogP contribution in [-0.4, -0.2) is 38.9 Å². The summed E-state index contributed by atoms with van der Waals surface area (Å²) in [7, 11) is 0. The Balaban J connectivity index is 1.51. The van der Waals surface area contributed by atoms with Gasteiger partial charge in [0.1, 0.15) is 17.2 Å². The van der Waals surface area contributed by atoms with Gasteiger partial charge >= 0.3 is 0 Å². The summed E-state index contributed by atoms with van der Waals surface area (Å²) in [6.45, 7) is 3.42. The third-order valence-electron chi connectivity index (χ3n) is 4.85. The quantitative estimate of drug-likeness (QED) is 0.712. The van der Waals surface area contributed by atoms with Crippen molar-refractivity contribution in [3.05, 3.63) is 77.5 Å². The number of anilines is 2. The number of rotatable bonds is 4. The molecule has 9 heteroatoms. The van der Waals surface area contributed by atoms with Crippen LogP contribution in [0.1, 0.15) is 29.4 Å². The van der Waals surface area contributed by atoms with Crippen molar-refractivity contribution in [1.29, 1.82) is 0 Å². The molecule has 1 aliphatic rings. The molecule has 1 aliphatic heterocycles. The van der Waals surface area contributed by atoms with E-state index in [1.807, 2.05) is 6.92 Å². The number of carbonyl (C=O) groups is 1. The minimum atomic E-state index is -0.941. The molecule has 0 atom stereocenters. The van der Waals surface area contributed by atoms with E-state index in [9.17, 15) is 13.6 Å². The predicted molar refractivity (Wildman–Crippen MR) is 108 cm³/mol. The standard InChI is InChI=1S/C21H18F2N6O/c1-13-6-9-29(21-24-7-3-8-25-21)12-14(13)17-10-27-18(11-26-17)28-20(30)19-15(22)4-2-5-16(19)23/h2-5,7-8,10-11H,6,9,12H2,1H3,(H,27,28,30). The van der Waals surface area contributed by atoms with Crippen molar-refractivity contribution in [2.24, 2.45) is 0 Å². The van der Waals surface area contributed by atoms with Crippen LogP contribution in [-0.2, 0) is 0 Å². The summed E-state index contributed by atoms with van der Waals surface area (Å²) in [5.41, 5.74) is 2.18. The maximum atomic E-state index is 13.8. The third-order valence-corrected chi connectivity index (χ3v) is 4.85. The van der Waals surface area contributed by atoms with Gasteiger partial charge in [-0.15, -0.1) is 0 Å². The van der Waals surface area contributed by atoms with Crippen LogP contribution in [0, 0.1) is 11.6 Å². The van der Waals surface area contributed by atoms with Crippen molar-refractivity contribution in [3.8, 4) is 0 Å². The molecular formula is C21H18F2N6O. The highest BCUT2D eigenvalue weighted by Crippen LogP contribution is 2.27. The molecule has 2 aromatic heterocycles. The largest absolute Gasteiger partial charge is 0.336 e. The fourth-order valence-electron chi connectivity index (χ4n) is 3.23. The summed E-state index contributed by atoms with van der Waals surface area (Å²) in [5, 5.41) is 2.38. The lowest BCUT2D eigenvalue weighted by Gasteiger charge is -2.29. The fourth-order valence-corrected chi connectivity index (χ4v) is 3.23. The number of carbonyl (C=O) groups excluding carboxylic acids is 1. The van der Waals surface area contributed by atoms with E-state index in [4.69, 9.17) is 0 Å². The Kier molecular flexibility index (Phi) is 5.42. The first-order chi connectivity index (χ1) is 14.5. The third kappa shape index (κ3) is 4.00. The zero-order valence-electron chi connectivity index (χ0n) is 16.1. The molecule has 152 valence electrons. The van der Waals surface area contributed by atoms with E-state index in [0.717, 1.165) is 30.7 Å². The van der Waals surface area contributed by atoms with Gasteiger partial charge in [-0.25, -0.2) is 23.7 Å². The molecule has 0 bridgehead atoms.